The highest BCUT2D eigenvalue weighted by atomic mass is 32.2. The lowest BCUT2D eigenvalue weighted by atomic mass is 9.98. The summed E-state index contributed by atoms with van der Waals surface area (Å²) in [7, 11) is 0. The Kier molecular flexibility index (Phi) is 5.31. The SMILES string of the molecule is O=C(NC1(C(=O)O)CCSC1)C1CC1c1ccc(OCc2ccccc2)cc1. The zero-order chi connectivity index (χ0) is 19.6. The summed E-state index contributed by atoms with van der Waals surface area (Å²) in [4.78, 5) is 24.2. The Labute approximate surface area is 168 Å². The van der Waals surface area contributed by atoms with E-state index in [9.17, 15) is 14.7 Å². The highest BCUT2D eigenvalue weighted by molar-refractivity contribution is 7.99. The Bertz CT molecular complexity index is 847. The Morgan fingerprint density at radius 3 is 2.54 bits per heavy atom. The zero-order valence-corrected chi connectivity index (χ0v) is 16.3. The Hall–Kier alpha value is -2.47. The zero-order valence-electron chi connectivity index (χ0n) is 15.5. The lowest BCUT2D eigenvalue weighted by molar-refractivity contribution is -0.146. The molecule has 0 spiro atoms. The van der Waals surface area contributed by atoms with Crippen LogP contribution in [0.15, 0.2) is 54.6 Å². The molecular weight excluding hydrogens is 374 g/mol. The minimum Gasteiger partial charge on any atom is -0.489 e. The minimum absolute atomic E-state index is 0.140. The van der Waals surface area contributed by atoms with Crippen LogP contribution in [0.4, 0.5) is 0 Å². The van der Waals surface area contributed by atoms with E-state index in [1.165, 1.54) is 0 Å². The molecular formula is C22H23NO4S. The summed E-state index contributed by atoms with van der Waals surface area (Å²) in [5.41, 5.74) is 1.12. The van der Waals surface area contributed by atoms with E-state index < -0.39 is 11.5 Å². The van der Waals surface area contributed by atoms with Crippen molar-refractivity contribution in [3.8, 4) is 5.75 Å². The standard InChI is InChI=1S/C22H23NO4S/c24-20(23-22(21(25)26)10-11-28-14-22)19-12-18(19)16-6-8-17(9-7-16)27-13-15-4-2-1-3-5-15/h1-9,18-19H,10-14H2,(H,23,24)(H,25,26). The molecule has 1 aliphatic carbocycles. The van der Waals surface area contributed by atoms with E-state index in [1.54, 1.807) is 11.8 Å². The molecule has 0 aromatic heterocycles. The van der Waals surface area contributed by atoms with Gasteiger partial charge in [-0.05, 0) is 47.8 Å². The van der Waals surface area contributed by atoms with Crippen molar-refractivity contribution in [2.75, 3.05) is 11.5 Å². The lowest BCUT2D eigenvalue weighted by Gasteiger charge is -2.24. The summed E-state index contributed by atoms with van der Waals surface area (Å²) >= 11 is 1.58. The van der Waals surface area contributed by atoms with Crippen LogP contribution in [-0.4, -0.2) is 34.0 Å². The molecule has 4 rings (SSSR count). The summed E-state index contributed by atoms with van der Waals surface area (Å²) in [5.74, 6) is 0.953. The van der Waals surface area contributed by atoms with Crippen molar-refractivity contribution in [3.05, 3.63) is 65.7 Å². The number of benzene rings is 2. The fourth-order valence-electron chi connectivity index (χ4n) is 3.62. The van der Waals surface area contributed by atoms with Gasteiger partial charge < -0.3 is 15.2 Å². The maximum atomic E-state index is 12.6. The first-order valence-electron chi connectivity index (χ1n) is 9.47. The van der Waals surface area contributed by atoms with Crippen molar-refractivity contribution in [2.24, 2.45) is 5.92 Å². The van der Waals surface area contributed by atoms with Crippen molar-refractivity contribution < 1.29 is 19.4 Å². The van der Waals surface area contributed by atoms with E-state index in [0.717, 1.165) is 29.1 Å². The predicted molar refractivity (Wildman–Crippen MR) is 109 cm³/mol. The van der Waals surface area contributed by atoms with E-state index in [2.05, 4.69) is 5.32 Å². The van der Waals surface area contributed by atoms with Gasteiger partial charge >= 0.3 is 5.97 Å². The number of carbonyl (C=O) groups is 2. The van der Waals surface area contributed by atoms with Crippen LogP contribution in [0.3, 0.4) is 0 Å². The first-order valence-corrected chi connectivity index (χ1v) is 10.6. The number of rotatable bonds is 7. The summed E-state index contributed by atoms with van der Waals surface area (Å²) in [5, 5.41) is 12.3. The highest BCUT2D eigenvalue weighted by Gasteiger charge is 2.49. The van der Waals surface area contributed by atoms with Gasteiger partial charge in [0.05, 0.1) is 0 Å². The molecule has 146 valence electrons. The summed E-state index contributed by atoms with van der Waals surface area (Å²) in [6.45, 7) is 0.518. The van der Waals surface area contributed by atoms with Crippen LogP contribution < -0.4 is 10.1 Å². The molecule has 1 amide bonds. The van der Waals surface area contributed by atoms with E-state index in [-0.39, 0.29) is 17.7 Å². The maximum Gasteiger partial charge on any atom is 0.330 e. The monoisotopic (exact) mass is 397 g/mol. The van der Waals surface area contributed by atoms with Crippen LogP contribution in [0.2, 0.25) is 0 Å². The Morgan fingerprint density at radius 1 is 1.14 bits per heavy atom. The molecule has 0 radical (unpaired) electrons. The molecule has 2 aromatic rings. The van der Waals surface area contributed by atoms with Gasteiger partial charge in [-0.1, -0.05) is 42.5 Å². The molecule has 6 heteroatoms. The number of hydrogen-bond acceptors (Lipinski definition) is 4. The van der Waals surface area contributed by atoms with Gasteiger partial charge in [0, 0.05) is 11.7 Å². The van der Waals surface area contributed by atoms with E-state index >= 15 is 0 Å². The van der Waals surface area contributed by atoms with Crippen LogP contribution >= 0.6 is 11.8 Å². The largest absolute Gasteiger partial charge is 0.489 e. The Morgan fingerprint density at radius 2 is 1.89 bits per heavy atom. The average molecular weight is 397 g/mol. The van der Waals surface area contributed by atoms with Gasteiger partial charge in [0.1, 0.15) is 17.9 Å². The van der Waals surface area contributed by atoms with Gasteiger partial charge in [0.2, 0.25) is 5.91 Å². The number of carboxylic acids is 1. The van der Waals surface area contributed by atoms with Gasteiger partial charge in [-0.3, -0.25) is 4.79 Å². The predicted octanol–water partition coefficient (Wildman–Crippen LogP) is 3.45. The number of hydrogen-bond donors (Lipinski definition) is 2. The molecule has 3 unspecified atom stereocenters. The molecule has 1 saturated heterocycles. The van der Waals surface area contributed by atoms with Gasteiger partial charge in [-0.15, -0.1) is 0 Å². The second-order valence-corrected chi connectivity index (χ2v) is 8.58. The molecule has 2 aliphatic rings. The number of aliphatic carboxylic acids is 1. The molecule has 1 heterocycles. The highest BCUT2D eigenvalue weighted by Crippen LogP contribution is 2.48. The maximum absolute atomic E-state index is 12.6. The second kappa shape index (κ2) is 7.87. The van der Waals surface area contributed by atoms with Crippen LogP contribution in [-0.2, 0) is 16.2 Å². The van der Waals surface area contributed by atoms with Gasteiger partial charge in [0.15, 0.2) is 0 Å². The molecule has 0 bridgehead atoms. The summed E-state index contributed by atoms with van der Waals surface area (Å²) < 4.78 is 5.80. The molecule has 3 atom stereocenters. The lowest BCUT2D eigenvalue weighted by Crippen LogP contribution is -2.55. The summed E-state index contributed by atoms with van der Waals surface area (Å²) in [6, 6.07) is 17.8. The minimum atomic E-state index is -1.09. The third kappa shape index (κ3) is 4.02. The average Bonchev–Trinajstić information content (AvgIpc) is 3.38. The normalized spacial score (nSPS) is 25.9. The van der Waals surface area contributed by atoms with Crippen LogP contribution in [0.5, 0.6) is 5.75 Å². The molecule has 2 N–H and O–H groups in total. The molecule has 2 aromatic carbocycles. The molecule has 1 aliphatic heterocycles. The smallest absolute Gasteiger partial charge is 0.330 e. The van der Waals surface area contributed by atoms with E-state index in [0.29, 0.717) is 18.8 Å². The quantitative estimate of drug-likeness (QED) is 0.749. The summed E-state index contributed by atoms with van der Waals surface area (Å²) in [6.07, 6.45) is 1.25. The molecule has 28 heavy (non-hydrogen) atoms. The van der Waals surface area contributed by atoms with Crippen molar-refractivity contribution in [2.45, 2.75) is 30.9 Å². The van der Waals surface area contributed by atoms with Crippen LogP contribution in [0.1, 0.15) is 29.9 Å². The van der Waals surface area contributed by atoms with Gasteiger partial charge in [-0.25, -0.2) is 4.79 Å². The van der Waals surface area contributed by atoms with Crippen molar-refractivity contribution >= 4 is 23.6 Å². The first-order chi connectivity index (χ1) is 13.6. The van der Waals surface area contributed by atoms with E-state index in [4.69, 9.17) is 4.74 Å². The number of amides is 1. The number of nitrogens with one attached hydrogen (secondary N) is 1. The van der Waals surface area contributed by atoms with Crippen molar-refractivity contribution in [1.82, 2.24) is 5.32 Å². The molecule has 2 fully saturated rings. The molecule has 5 nitrogen and oxygen atoms in total. The van der Waals surface area contributed by atoms with E-state index in [1.807, 2.05) is 54.6 Å². The van der Waals surface area contributed by atoms with Crippen LogP contribution in [0, 0.1) is 5.92 Å². The van der Waals surface area contributed by atoms with Crippen LogP contribution in [0.25, 0.3) is 0 Å². The number of carbonyl (C=O) groups excluding carboxylic acids is 1. The number of ether oxygens (including phenoxy) is 1. The van der Waals surface area contributed by atoms with Gasteiger partial charge in [-0.2, -0.15) is 11.8 Å². The number of thioether (sulfide) groups is 1. The third-order valence-electron chi connectivity index (χ3n) is 5.48. The van der Waals surface area contributed by atoms with Gasteiger partial charge in [0.25, 0.3) is 0 Å². The van der Waals surface area contributed by atoms with Crippen molar-refractivity contribution in [1.29, 1.82) is 0 Å². The first kappa shape index (κ1) is 18.9. The van der Waals surface area contributed by atoms with Crippen molar-refractivity contribution in [3.63, 3.8) is 0 Å². The Balaban J connectivity index is 1.32. The fourth-order valence-corrected chi connectivity index (χ4v) is 4.95. The topological polar surface area (TPSA) is 75.6 Å². The number of carboxylic acid groups (broad SMARTS) is 1. The second-order valence-electron chi connectivity index (χ2n) is 7.47. The fraction of sp³-hybridized carbons (Fsp3) is 0.364. The third-order valence-corrected chi connectivity index (χ3v) is 6.67. The molecule has 1 saturated carbocycles.